The Bertz CT molecular complexity index is 587. The average Bonchev–Trinajstić information content (AvgIpc) is 2.88. The molecule has 2 heterocycles. The number of aromatic nitrogens is 1. The molecule has 1 aromatic carbocycles. The van der Waals surface area contributed by atoms with Gasteiger partial charge in [0.15, 0.2) is 0 Å². The van der Waals surface area contributed by atoms with E-state index >= 15 is 0 Å². The molecule has 3 nitrogen and oxygen atoms in total. The molecular formula is C16H18BrN3. The van der Waals surface area contributed by atoms with E-state index < -0.39 is 0 Å². The molecule has 0 saturated carbocycles. The van der Waals surface area contributed by atoms with E-state index in [4.69, 9.17) is 0 Å². The highest BCUT2D eigenvalue weighted by Gasteiger charge is 2.21. The van der Waals surface area contributed by atoms with Gasteiger partial charge in [0.05, 0.1) is 0 Å². The van der Waals surface area contributed by atoms with Crippen molar-refractivity contribution in [2.45, 2.75) is 26.6 Å². The molecule has 104 valence electrons. The summed E-state index contributed by atoms with van der Waals surface area (Å²) in [4.78, 5) is 6.99. The van der Waals surface area contributed by atoms with Crippen molar-refractivity contribution in [3.8, 4) is 0 Å². The van der Waals surface area contributed by atoms with Crippen molar-refractivity contribution < 1.29 is 0 Å². The Morgan fingerprint density at radius 1 is 1.25 bits per heavy atom. The van der Waals surface area contributed by atoms with Crippen molar-refractivity contribution in [2.24, 2.45) is 0 Å². The molecule has 0 spiro atoms. The summed E-state index contributed by atoms with van der Waals surface area (Å²) < 4.78 is 1.03. The number of pyridine rings is 1. The molecule has 1 aromatic heterocycles. The van der Waals surface area contributed by atoms with Crippen LogP contribution in [0.5, 0.6) is 0 Å². The van der Waals surface area contributed by atoms with E-state index in [-0.39, 0.29) is 0 Å². The third kappa shape index (κ3) is 2.72. The third-order valence-electron chi connectivity index (χ3n) is 3.62. The Morgan fingerprint density at radius 2 is 1.95 bits per heavy atom. The number of halogens is 1. The van der Waals surface area contributed by atoms with Gasteiger partial charge in [-0.3, -0.25) is 0 Å². The number of hydrogen-bond acceptors (Lipinski definition) is 3. The molecule has 0 fully saturated rings. The molecule has 20 heavy (non-hydrogen) atoms. The van der Waals surface area contributed by atoms with Crippen molar-refractivity contribution in [1.29, 1.82) is 0 Å². The minimum atomic E-state index is 0.852. The predicted octanol–water partition coefficient (Wildman–Crippen LogP) is 3.47. The number of nitrogens with one attached hydrogen (secondary N) is 1. The maximum Gasteiger partial charge on any atom is 0.133 e. The molecule has 2 aromatic rings. The quantitative estimate of drug-likeness (QED) is 0.929. The van der Waals surface area contributed by atoms with Gasteiger partial charge in [-0.2, -0.15) is 0 Å². The monoisotopic (exact) mass is 331 g/mol. The summed E-state index contributed by atoms with van der Waals surface area (Å²) in [5.74, 6) is 1.09. The zero-order valence-corrected chi connectivity index (χ0v) is 13.2. The molecule has 0 aliphatic carbocycles. The zero-order chi connectivity index (χ0) is 13.9. The second kappa shape index (κ2) is 5.94. The number of hydrogen-bond donors (Lipinski definition) is 1. The Kier molecular flexibility index (Phi) is 4.03. The van der Waals surface area contributed by atoms with Crippen molar-refractivity contribution in [2.75, 3.05) is 11.4 Å². The van der Waals surface area contributed by atoms with Gasteiger partial charge in [0, 0.05) is 35.9 Å². The molecule has 1 aliphatic heterocycles. The average molecular weight is 332 g/mol. The first kappa shape index (κ1) is 13.6. The fourth-order valence-corrected chi connectivity index (χ4v) is 3.01. The lowest BCUT2D eigenvalue weighted by atomic mass is 10.1. The number of nitrogens with zero attached hydrogens (tertiary/aromatic N) is 2. The van der Waals surface area contributed by atoms with Crippen LogP contribution in [0, 0.1) is 0 Å². The highest BCUT2D eigenvalue weighted by Crippen LogP contribution is 2.30. The lowest BCUT2D eigenvalue weighted by molar-refractivity contribution is 0.716. The van der Waals surface area contributed by atoms with Crippen molar-refractivity contribution in [1.82, 2.24) is 10.3 Å². The first-order chi connectivity index (χ1) is 9.78. The maximum absolute atomic E-state index is 4.64. The topological polar surface area (TPSA) is 28.2 Å². The van der Waals surface area contributed by atoms with E-state index in [1.807, 2.05) is 6.20 Å². The second-order valence-electron chi connectivity index (χ2n) is 5.04. The SMILES string of the molecule is CCNCc1cc(Br)cnc1N1Cc2ccccc2C1. The Hall–Kier alpha value is -1.39. The van der Waals surface area contributed by atoms with Crippen LogP contribution in [0.1, 0.15) is 23.6 Å². The van der Waals surface area contributed by atoms with Crippen molar-refractivity contribution >= 4 is 21.7 Å². The van der Waals surface area contributed by atoms with E-state index in [0.717, 1.165) is 36.5 Å². The summed E-state index contributed by atoms with van der Waals surface area (Å²) in [5.41, 5.74) is 4.06. The first-order valence-electron chi connectivity index (χ1n) is 6.95. The van der Waals surface area contributed by atoms with Crippen LogP contribution < -0.4 is 10.2 Å². The first-order valence-corrected chi connectivity index (χ1v) is 7.74. The van der Waals surface area contributed by atoms with E-state index in [1.165, 1.54) is 16.7 Å². The van der Waals surface area contributed by atoms with Gasteiger partial charge < -0.3 is 10.2 Å². The van der Waals surface area contributed by atoms with Gasteiger partial charge in [0.25, 0.3) is 0 Å². The van der Waals surface area contributed by atoms with Gasteiger partial charge in [0.2, 0.25) is 0 Å². The van der Waals surface area contributed by atoms with Crippen LogP contribution in [0.25, 0.3) is 0 Å². The van der Waals surface area contributed by atoms with Gasteiger partial charge >= 0.3 is 0 Å². The van der Waals surface area contributed by atoms with E-state index in [0.29, 0.717) is 0 Å². The second-order valence-corrected chi connectivity index (χ2v) is 5.96. The smallest absolute Gasteiger partial charge is 0.133 e. The van der Waals surface area contributed by atoms with E-state index in [2.05, 4.69) is 68.4 Å². The summed E-state index contributed by atoms with van der Waals surface area (Å²) in [6.45, 7) is 5.84. The maximum atomic E-state index is 4.64. The molecule has 0 amide bonds. The normalized spacial score (nSPS) is 13.6. The summed E-state index contributed by atoms with van der Waals surface area (Å²) in [5, 5.41) is 3.39. The van der Waals surface area contributed by atoms with Crippen LogP contribution >= 0.6 is 15.9 Å². The zero-order valence-electron chi connectivity index (χ0n) is 11.6. The van der Waals surface area contributed by atoms with Crippen LogP contribution in [-0.2, 0) is 19.6 Å². The Balaban J connectivity index is 1.88. The minimum absolute atomic E-state index is 0.852. The highest BCUT2D eigenvalue weighted by molar-refractivity contribution is 9.10. The molecule has 1 aliphatic rings. The van der Waals surface area contributed by atoms with Crippen molar-refractivity contribution in [3.05, 3.63) is 57.7 Å². The molecule has 0 bridgehead atoms. The lowest BCUT2D eigenvalue weighted by Gasteiger charge is -2.20. The van der Waals surface area contributed by atoms with Gasteiger partial charge in [-0.05, 0) is 39.7 Å². The number of rotatable bonds is 4. The minimum Gasteiger partial charge on any atom is -0.348 e. The van der Waals surface area contributed by atoms with Crippen LogP contribution in [0.15, 0.2) is 41.0 Å². The summed E-state index contributed by atoms with van der Waals surface area (Å²) in [7, 11) is 0. The Labute approximate surface area is 128 Å². The largest absolute Gasteiger partial charge is 0.348 e. The molecular weight excluding hydrogens is 314 g/mol. The standard InChI is InChI=1S/C16H18BrN3/c1-2-18-8-14-7-15(17)9-19-16(14)20-10-12-5-3-4-6-13(12)11-20/h3-7,9,18H,2,8,10-11H2,1H3. The van der Waals surface area contributed by atoms with Crippen molar-refractivity contribution in [3.63, 3.8) is 0 Å². The third-order valence-corrected chi connectivity index (χ3v) is 4.05. The molecule has 4 heteroatoms. The molecule has 3 rings (SSSR count). The van der Waals surface area contributed by atoms with Crippen LogP contribution in [-0.4, -0.2) is 11.5 Å². The molecule has 0 atom stereocenters. The van der Waals surface area contributed by atoms with Crippen LogP contribution in [0.2, 0.25) is 0 Å². The number of benzene rings is 1. The van der Waals surface area contributed by atoms with Gasteiger partial charge in [0.1, 0.15) is 5.82 Å². The van der Waals surface area contributed by atoms with E-state index in [9.17, 15) is 0 Å². The summed E-state index contributed by atoms with van der Waals surface area (Å²) in [6, 6.07) is 10.8. The molecule has 0 saturated heterocycles. The molecule has 0 unspecified atom stereocenters. The fourth-order valence-electron chi connectivity index (χ4n) is 2.63. The highest BCUT2D eigenvalue weighted by atomic mass is 79.9. The summed E-state index contributed by atoms with van der Waals surface area (Å²) in [6.07, 6.45) is 1.88. The van der Waals surface area contributed by atoms with Crippen LogP contribution in [0.4, 0.5) is 5.82 Å². The van der Waals surface area contributed by atoms with Gasteiger partial charge in [-0.25, -0.2) is 4.98 Å². The summed E-state index contributed by atoms with van der Waals surface area (Å²) >= 11 is 3.52. The fraction of sp³-hybridized carbons (Fsp3) is 0.312. The molecule has 0 radical (unpaired) electrons. The van der Waals surface area contributed by atoms with Crippen LogP contribution in [0.3, 0.4) is 0 Å². The number of fused-ring (bicyclic) bond motifs is 1. The number of anilines is 1. The Morgan fingerprint density at radius 3 is 2.60 bits per heavy atom. The van der Waals surface area contributed by atoms with Gasteiger partial charge in [-0.1, -0.05) is 31.2 Å². The van der Waals surface area contributed by atoms with E-state index in [1.54, 1.807) is 0 Å². The molecule has 1 N–H and O–H groups in total. The predicted molar refractivity (Wildman–Crippen MR) is 85.6 cm³/mol. The van der Waals surface area contributed by atoms with Gasteiger partial charge in [-0.15, -0.1) is 0 Å². The lowest BCUT2D eigenvalue weighted by Crippen LogP contribution is -2.21.